The third kappa shape index (κ3) is 2.55. The van der Waals surface area contributed by atoms with Crippen molar-refractivity contribution in [2.45, 2.75) is 13.8 Å². The number of pyridine rings is 1. The molecule has 0 aliphatic carbocycles. The maximum absolute atomic E-state index is 13.6. The second-order valence-electron chi connectivity index (χ2n) is 5.04. The van der Waals surface area contributed by atoms with Crippen LogP contribution in [0.5, 0.6) is 0 Å². The monoisotopic (exact) mass is 334 g/mol. The number of carbonyl (C=O) groups is 1. The van der Waals surface area contributed by atoms with Gasteiger partial charge in [-0.25, -0.2) is 13.6 Å². The lowest BCUT2D eigenvalue weighted by Gasteiger charge is -2.11. The van der Waals surface area contributed by atoms with Gasteiger partial charge in [0.25, 0.3) is 0 Å². The van der Waals surface area contributed by atoms with Crippen LogP contribution in [0, 0.1) is 18.6 Å². The fourth-order valence-electron chi connectivity index (χ4n) is 2.33. The lowest BCUT2D eigenvalue weighted by Crippen LogP contribution is -2.21. The molecule has 0 atom stereocenters. The molecule has 24 heavy (non-hydrogen) atoms. The summed E-state index contributed by atoms with van der Waals surface area (Å²) in [4.78, 5) is 24.5. The lowest BCUT2D eigenvalue weighted by molar-refractivity contribution is 0.0524. The number of esters is 1. The van der Waals surface area contributed by atoms with Crippen LogP contribution < -0.4 is 5.43 Å². The summed E-state index contributed by atoms with van der Waals surface area (Å²) in [7, 11) is 0. The van der Waals surface area contributed by atoms with Gasteiger partial charge in [-0.3, -0.25) is 9.36 Å². The highest BCUT2D eigenvalue weighted by Gasteiger charge is 2.20. The number of aromatic nitrogens is 2. The van der Waals surface area contributed by atoms with Crippen molar-refractivity contribution in [3.05, 3.63) is 57.6 Å². The van der Waals surface area contributed by atoms with Crippen LogP contribution in [0.1, 0.15) is 23.0 Å². The van der Waals surface area contributed by atoms with Crippen LogP contribution in [0.15, 0.2) is 33.7 Å². The van der Waals surface area contributed by atoms with Gasteiger partial charge in [-0.05, 0) is 19.9 Å². The minimum atomic E-state index is -1.19. The Hall–Kier alpha value is -3.03. The first-order valence-corrected chi connectivity index (χ1v) is 7.07. The minimum absolute atomic E-state index is 0.0558. The summed E-state index contributed by atoms with van der Waals surface area (Å²) in [6.45, 7) is 3.30. The Bertz CT molecular complexity index is 1010. The predicted octanol–water partition coefficient (Wildman–Crippen LogP) is 2.74. The van der Waals surface area contributed by atoms with Gasteiger partial charge in [-0.2, -0.15) is 0 Å². The molecule has 0 aliphatic rings. The fraction of sp³-hybridized carbons (Fsp3) is 0.188. The number of fused-ring (bicyclic) bond motifs is 1. The van der Waals surface area contributed by atoms with Crippen molar-refractivity contribution in [3.8, 4) is 5.82 Å². The third-order valence-electron chi connectivity index (χ3n) is 3.40. The van der Waals surface area contributed by atoms with Gasteiger partial charge in [0.05, 0.1) is 17.5 Å². The summed E-state index contributed by atoms with van der Waals surface area (Å²) < 4.78 is 38.3. The zero-order valence-corrected chi connectivity index (χ0v) is 12.8. The highest BCUT2D eigenvalue weighted by Crippen LogP contribution is 2.21. The van der Waals surface area contributed by atoms with E-state index in [4.69, 9.17) is 9.26 Å². The van der Waals surface area contributed by atoms with Gasteiger partial charge in [-0.15, -0.1) is 0 Å². The predicted molar refractivity (Wildman–Crippen MR) is 80.2 cm³/mol. The topological polar surface area (TPSA) is 74.3 Å². The van der Waals surface area contributed by atoms with Crippen LogP contribution in [-0.4, -0.2) is 22.3 Å². The van der Waals surface area contributed by atoms with Gasteiger partial charge in [-0.1, -0.05) is 5.16 Å². The van der Waals surface area contributed by atoms with Crippen molar-refractivity contribution in [2.75, 3.05) is 6.61 Å². The Balaban J connectivity index is 2.40. The molecule has 2 heterocycles. The molecule has 0 N–H and O–H groups in total. The molecule has 0 unspecified atom stereocenters. The van der Waals surface area contributed by atoms with Crippen LogP contribution in [0.2, 0.25) is 0 Å². The number of hydrogen-bond donors (Lipinski definition) is 0. The molecule has 3 aromatic rings. The van der Waals surface area contributed by atoms with Crippen LogP contribution in [0.4, 0.5) is 8.78 Å². The number of carbonyl (C=O) groups excluding carboxylic acids is 1. The van der Waals surface area contributed by atoms with Gasteiger partial charge in [0.2, 0.25) is 5.43 Å². The van der Waals surface area contributed by atoms with E-state index in [2.05, 4.69) is 5.16 Å². The van der Waals surface area contributed by atoms with E-state index in [-0.39, 0.29) is 28.9 Å². The maximum atomic E-state index is 13.6. The van der Waals surface area contributed by atoms with Crippen molar-refractivity contribution in [1.82, 2.24) is 9.72 Å². The van der Waals surface area contributed by atoms with Crippen LogP contribution in [0.3, 0.4) is 0 Å². The standard InChI is InChI=1S/C16H12F2N2O4/c1-3-23-16(22)10-7-20(14-4-8(2)24-19-14)13-6-12(18)11(17)5-9(13)15(10)21/h4-7H,3H2,1-2H3. The largest absolute Gasteiger partial charge is 0.462 e. The van der Waals surface area contributed by atoms with E-state index in [0.29, 0.717) is 5.76 Å². The van der Waals surface area contributed by atoms with Gasteiger partial charge in [0, 0.05) is 18.3 Å². The van der Waals surface area contributed by atoms with E-state index in [1.54, 1.807) is 13.8 Å². The zero-order valence-electron chi connectivity index (χ0n) is 12.8. The fourth-order valence-corrected chi connectivity index (χ4v) is 2.33. The number of rotatable bonds is 3. The Labute approximate surface area is 134 Å². The van der Waals surface area contributed by atoms with Gasteiger partial charge >= 0.3 is 5.97 Å². The van der Waals surface area contributed by atoms with E-state index < -0.39 is 23.0 Å². The Morgan fingerprint density at radius 2 is 2.00 bits per heavy atom. The van der Waals surface area contributed by atoms with Crippen molar-refractivity contribution in [2.24, 2.45) is 0 Å². The molecule has 0 fully saturated rings. The Morgan fingerprint density at radius 3 is 2.62 bits per heavy atom. The van der Waals surface area contributed by atoms with Crippen molar-refractivity contribution < 1.29 is 22.8 Å². The first kappa shape index (κ1) is 15.9. The number of benzene rings is 1. The molecule has 0 spiro atoms. The van der Waals surface area contributed by atoms with E-state index >= 15 is 0 Å². The maximum Gasteiger partial charge on any atom is 0.343 e. The van der Waals surface area contributed by atoms with Gasteiger partial charge < -0.3 is 9.26 Å². The Morgan fingerprint density at radius 1 is 1.29 bits per heavy atom. The molecular formula is C16H12F2N2O4. The first-order valence-electron chi connectivity index (χ1n) is 7.07. The molecule has 0 aliphatic heterocycles. The smallest absolute Gasteiger partial charge is 0.343 e. The molecule has 0 saturated heterocycles. The Kier molecular flexibility index (Phi) is 3.88. The van der Waals surface area contributed by atoms with Crippen molar-refractivity contribution in [1.29, 1.82) is 0 Å². The third-order valence-corrected chi connectivity index (χ3v) is 3.40. The first-order chi connectivity index (χ1) is 11.4. The highest BCUT2D eigenvalue weighted by molar-refractivity contribution is 5.94. The van der Waals surface area contributed by atoms with E-state index in [0.717, 1.165) is 12.1 Å². The average molecular weight is 334 g/mol. The minimum Gasteiger partial charge on any atom is -0.462 e. The highest BCUT2D eigenvalue weighted by atomic mass is 19.2. The van der Waals surface area contributed by atoms with Crippen LogP contribution in [0.25, 0.3) is 16.7 Å². The number of aryl methyl sites for hydroxylation is 1. The summed E-state index contributed by atoms with van der Waals surface area (Å²) in [5, 5.41) is 3.62. The number of hydrogen-bond acceptors (Lipinski definition) is 5. The molecule has 2 aromatic heterocycles. The van der Waals surface area contributed by atoms with E-state index in [1.807, 2.05) is 0 Å². The lowest BCUT2D eigenvalue weighted by atomic mass is 10.1. The number of nitrogens with zero attached hydrogens (tertiary/aromatic N) is 2. The zero-order chi connectivity index (χ0) is 17.4. The summed E-state index contributed by atoms with van der Waals surface area (Å²) >= 11 is 0. The summed E-state index contributed by atoms with van der Waals surface area (Å²) in [6, 6.07) is 3.14. The van der Waals surface area contributed by atoms with Crippen molar-refractivity contribution >= 4 is 16.9 Å². The molecule has 3 rings (SSSR count). The molecule has 0 amide bonds. The van der Waals surface area contributed by atoms with Crippen molar-refractivity contribution in [3.63, 3.8) is 0 Å². The van der Waals surface area contributed by atoms with Gasteiger partial charge in [0.15, 0.2) is 17.5 Å². The quantitative estimate of drug-likeness (QED) is 0.689. The van der Waals surface area contributed by atoms with Gasteiger partial charge in [0.1, 0.15) is 11.3 Å². The van der Waals surface area contributed by atoms with E-state index in [1.165, 1.54) is 16.8 Å². The number of ether oxygens (including phenoxy) is 1. The summed E-state index contributed by atoms with van der Waals surface area (Å²) in [6.07, 6.45) is 1.18. The number of halogens is 2. The SMILES string of the molecule is CCOC(=O)c1cn(-c2cc(C)on2)c2cc(F)c(F)cc2c1=O. The summed E-state index contributed by atoms with van der Waals surface area (Å²) in [5.41, 5.74) is -1.00. The second kappa shape index (κ2) is 5.88. The molecular weight excluding hydrogens is 322 g/mol. The molecule has 1 aromatic carbocycles. The molecule has 124 valence electrons. The average Bonchev–Trinajstić information content (AvgIpc) is 2.96. The van der Waals surface area contributed by atoms with E-state index in [9.17, 15) is 18.4 Å². The summed E-state index contributed by atoms with van der Waals surface area (Å²) in [5.74, 6) is -2.49. The molecule has 0 radical (unpaired) electrons. The molecule has 8 heteroatoms. The molecule has 0 bridgehead atoms. The van der Waals surface area contributed by atoms with Crippen LogP contribution >= 0.6 is 0 Å². The normalized spacial score (nSPS) is 11.0. The molecule has 6 nitrogen and oxygen atoms in total. The molecule has 0 saturated carbocycles. The van der Waals surface area contributed by atoms with Crippen LogP contribution in [-0.2, 0) is 4.74 Å². The second-order valence-corrected chi connectivity index (χ2v) is 5.04.